The van der Waals surface area contributed by atoms with Crippen LogP contribution in [0.5, 0.6) is 0 Å². The highest BCUT2D eigenvalue weighted by Crippen LogP contribution is 2.15. The summed E-state index contributed by atoms with van der Waals surface area (Å²) in [5.41, 5.74) is 1.24. The Kier molecular flexibility index (Phi) is 3.85. The van der Waals surface area contributed by atoms with Crippen LogP contribution < -0.4 is 16.8 Å². The minimum absolute atomic E-state index is 0.00322. The summed E-state index contributed by atoms with van der Waals surface area (Å²) in [5.74, 6) is 4.83. The lowest BCUT2D eigenvalue weighted by molar-refractivity contribution is -0.386. The van der Waals surface area contributed by atoms with E-state index >= 15 is 0 Å². The van der Waals surface area contributed by atoms with Crippen molar-refractivity contribution >= 4 is 11.6 Å². The van der Waals surface area contributed by atoms with E-state index in [-0.39, 0.29) is 12.3 Å². The first-order valence-electron chi connectivity index (χ1n) is 5.88. The fourth-order valence-corrected chi connectivity index (χ4v) is 1.83. The van der Waals surface area contributed by atoms with Crippen LogP contribution in [0.4, 0.5) is 5.69 Å². The van der Waals surface area contributed by atoms with E-state index in [1.165, 1.54) is 22.9 Å². The number of rotatable bonds is 4. The summed E-state index contributed by atoms with van der Waals surface area (Å²) in [5, 5.41) is 10.7. The number of hydrogen-bond donors (Lipinski definition) is 2. The van der Waals surface area contributed by atoms with E-state index in [0.717, 1.165) is 6.07 Å². The second-order valence-corrected chi connectivity index (χ2v) is 4.25. The maximum atomic E-state index is 11.9. The molecule has 0 aliphatic heterocycles. The third-order valence-electron chi connectivity index (χ3n) is 2.91. The van der Waals surface area contributed by atoms with Gasteiger partial charge in [0.1, 0.15) is 5.76 Å². The highest BCUT2D eigenvalue weighted by atomic mass is 16.6. The topological polar surface area (TPSA) is 133 Å². The number of nitrogen functional groups attached to an aromatic ring is 1. The van der Waals surface area contributed by atoms with Gasteiger partial charge < -0.3 is 8.98 Å². The van der Waals surface area contributed by atoms with E-state index in [0.29, 0.717) is 11.3 Å². The molecule has 0 radical (unpaired) electrons. The molecule has 9 heteroatoms. The van der Waals surface area contributed by atoms with E-state index in [9.17, 15) is 19.7 Å². The fourth-order valence-electron chi connectivity index (χ4n) is 1.83. The van der Waals surface area contributed by atoms with E-state index in [2.05, 4.69) is 0 Å². The molecule has 0 spiro atoms. The van der Waals surface area contributed by atoms with Crippen molar-refractivity contribution in [1.29, 1.82) is 0 Å². The van der Waals surface area contributed by atoms with Crippen molar-refractivity contribution in [2.45, 2.75) is 13.5 Å². The summed E-state index contributed by atoms with van der Waals surface area (Å²) in [6, 6.07) is 3.97. The lowest BCUT2D eigenvalue weighted by Crippen LogP contribution is -2.29. The van der Waals surface area contributed by atoms with Gasteiger partial charge in [0.25, 0.3) is 0 Å². The first kappa shape index (κ1) is 14.5. The lowest BCUT2D eigenvalue weighted by Gasteiger charge is -2.03. The summed E-state index contributed by atoms with van der Waals surface area (Å²) < 4.78 is 6.38. The van der Waals surface area contributed by atoms with Gasteiger partial charge in [0.15, 0.2) is 5.76 Å². The number of hydrazine groups is 1. The number of hydrogen-bond acceptors (Lipinski definition) is 6. The summed E-state index contributed by atoms with van der Waals surface area (Å²) in [4.78, 5) is 33.3. The molecule has 2 aromatic heterocycles. The van der Waals surface area contributed by atoms with Gasteiger partial charge >= 0.3 is 17.2 Å². The Morgan fingerprint density at radius 3 is 2.90 bits per heavy atom. The monoisotopic (exact) mass is 292 g/mol. The summed E-state index contributed by atoms with van der Waals surface area (Å²) in [7, 11) is 0. The van der Waals surface area contributed by atoms with Crippen LogP contribution in [-0.2, 0) is 6.54 Å². The molecule has 2 rings (SSSR count). The standard InChI is InChI=1S/C12H12N4O5/c1-7-8(5-10(21-7)11(17)14-13)6-15-4-2-3-9(12(15)18)16(19)20/h2-5H,6,13H2,1H3,(H,14,17). The Labute approximate surface area is 118 Å². The number of carbonyl (C=O) groups is 1. The Balaban J connectivity index is 2.37. The van der Waals surface area contributed by atoms with Crippen LogP contribution in [0.25, 0.3) is 0 Å². The number of amides is 1. The number of aryl methyl sites for hydroxylation is 1. The molecule has 0 saturated carbocycles. The molecule has 2 aromatic rings. The van der Waals surface area contributed by atoms with Gasteiger partial charge in [-0.15, -0.1) is 0 Å². The highest BCUT2D eigenvalue weighted by Gasteiger charge is 2.17. The van der Waals surface area contributed by atoms with Gasteiger partial charge in [-0.25, -0.2) is 5.84 Å². The SMILES string of the molecule is Cc1oc(C(=O)NN)cc1Cn1cccc([N+](=O)[O-])c1=O. The zero-order valence-electron chi connectivity index (χ0n) is 11.0. The minimum atomic E-state index is -0.742. The highest BCUT2D eigenvalue weighted by molar-refractivity contribution is 5.91. The number of carbonyl (C=O) groups excluding carboxylic acids is 1. The molecule has 0 aliphatic carbocycles. The first-order valence-corrected chi connectivity index (χ1v) is 5.88. The zero-order chi connectivity index (χ0) is 15.6. The second-order valence-electron chi connectivity index (χ2n) is 4.25. The maximum Gasteiger partial charge on any atom is 0.334 e. The maximum absolute atomic E-state index is 11.9. The number of furan rings is 1. The molecule has 0 unspecified atom stereocenters. The van der Waals surface area contributed by atoms with Crippen molar-refractivity contribution in [3.63, 3.8) is 0 Å². The summed E-state index contributed by atoms with van der Waals surface area (Å²) >= 11 is 0. The molecule has 3 N–H and O–H groups in total. The molecule has 0 aromatic carbocycles. The lowest BCUT2D eigenvalue weighted by atomic mass is 10.2. The van der Waals surface area contributed by atoms with Crippen molar-refractivity contribution in [2.24, 2.45) is 5.84 Å². The molecule has 21 heavy (non-hydrogen) atoms. The predicted octanol–water partition coefficient (Wildman–Crippen LogP) is 0.310. The van der Waals surface area contributed by atoms with Gasteiger partial charge in [0.2, 0.25) is 0 Å². The van der Waals surface area contributed by atoms with Crippen LogP contribution in [-0.4, -0.2) is 15.4 Å². The molecular formula is C12H12N4O5. The average molecular weight is 292 g/mol. The van der Waals surface area contributed by atoms with Crippen LogP contribution in [0.1, 0.15) is 21.9 Å². The first-order chi connectivity index (χ1) is 9.93. The van der Waals surface area contributed by atoms with E-state index in [1.54, 1.807) is 6.92 Å². The molecule has 0 bridgehead atoms. The Bertz CT molecular complexity index is 761. The van der Waals surface area contributed by atoms with Gasteiger partial charge in [0, 0.05) is 17.8 Å². The number of aromatic nitrogens is 1. The molecule has 2 heterocycles. The Hall–Kier alpha value is -2.94. The molecule has 0 saturated heterocycles. The number of nitro groups is 1. The number of nitrogens with zero attached hydrogens (tertiary/aromatic N) is 2. The predicted molar refractivity (Wildman–Crippen MR) is 71.6 cm³/mol. The molecule has 0 aliphatic rings. The van der Waals surface area contributed by atoms with Crippen molar-refractivity contribution in [3.8, 4) is 0 Å². The van der Waals surface area contributed by atoms with Gasteiger partial charge in [0.05, 0.1) is 11.5 Å². The van der Waals surface area contributed by atoms with E-state index in [1.807, 2.05) is 5.43 Å². The molecule has 0 fully saturated rings. The summed E-state index contributed by atoms with van der Waals surface area (Å²) in [6.45, 7) is 1.67. The molecular weight excluding hydrogens is 280 g/mol. The average Bonchev–Trinajstić information content (AvgIpc) is 2.81. The quantitative estimate of drug-likeness (QED) is 0.360. The van der Waals surface area contributed by atoms with Crippen LogP contribution in [0, 0.1) is 17.0 Å². The van der Waals surface area contributed by atoms with E-state index in [4.69, 9.17) is 10.3 Å². The minimum Gasteiger partial charge on any atom is -0.456 e. The van der Waals surface area contributed by atoms with Gasteiger partial charge in [-0.3, -0.25) is 25.1 Å². The number of pyridine rings is 1. The molecule has 110 valence electrons. The summed E-state index contributed by atoms with van der Waals surface area (Å²) in [6.07, 6.45) is 1.42. The van der Waals surface area contributed by atoms with Crippen LogP contribution >= 0.6 is 0 Å². The number of nitrogens with one attached hydrogen (secondary N) is 1. The largest absolute Gasteiger partial charge is 0.456 e. The normalized spacial score (nSPS) is 10.4. The van der Waals surface area contributed by atoms with Gasteiger partial charge in [-0.2, -0.15) is 0 Å². The zero-order valence-corrected chi connectivity index (χ0v) is 11.0. The third-order valence-corrected chi connectivity index (χ3v) is 2.91. The van der Waals surface area contributed by atoms with Crippen molar-refractivity contribution in [2.75, 3.05) is 0 Å². The van der Waals surface area contributed by atoms with Crippen molar-refractivity contribution < 1.29 is 14.1 Å². The molecule has 0 atom stereocenters. The van der Waals surface area contributed by atoms with Gasteiger partial charge in [-0.05, 0) is 19.1 Å². The van der Waals surface area contributed by atoms with Crippen LogP contribution in [0.15, 0.2) is 33.6 Å². The molecule has 1 amide bonds. The Morgan fingerprint density at radius 1 is 1.57 bits per heavy atom. The second kappa shape index (κ2) is 5.59. The Morgan fingerprint density at radius 2 is 2.29 bits per heavy atom. The van der Waals surface area contributed by atoms with E-state index < -0.39 is 22.1 Å². The smallest absolute Gasteiger partial charge is 0.334 e. The van der Waals surface area contributed by atoms with Crippen molar-refractivity contribution in [1.82, 2.24) is 9.99 Å². The van der Waals surface area contributed by atoms with Crippen LogP contribution in [0.2, 0.25) is 0 Å². The van der Waals surface area contributed by atoms with Gasteiger partial charge in [-0.1, -0.05) is 0 Å². The van der Waals surface area contributed by atoms with Crippen LogP contribution in [0.3, 0.4) is 0 Å². The fraction of sp³-hybridized carbons (Fsp3) is 0.167. The third kappa shape index (κ3) is 2.82. The van der Waals surface area contributed by atoms with Crippen molar-refractivity contribution in [3.05, 3.63) is 61.9 Å². The molecule has 9 nitrogen and oxygen atoms in total. The number of nitrogens with two attached hydrogens (primary N) is 1.